The van der Waals surface area contributed by atoms with E-state index >= 15 is 0 Å². The van der Waals surface area contributed by atoms with Crippen LogP contribution in [0.1, 0.15) is 34.1 Å². The molecule has 0 amide bonds. The summed E-state index contributed by atoms with van der Waals surface area (Å²) in [5, 5.41) is 6.69. The molecule has 0 unspecified atom stereocenters. The zero-order valence-electron chi connectivity index (χ0n) is 12.5. The summed E-state index contributed by atoms with van der Waals surface area (Å²) >= 11 is 6.66. The van der Waals surface area contributed by atoms with Gasteiger partial charge in [-0.3, -0.25) is 4.79 Å². The number of nitrogens with one attached hydrogen (secondary N) is 2. The number of anilines is 1. The number of thiocarbonyl (C=S) groups is 1. The van der Waals surface area contributed by atoms with Gasteiger partial charge in [-0.05, 0) is 44.0 Å². The predicted molar refractivity (Wildman–Crippen MR) is 88.5 cm³/mol. The fourth-order valence-corrected chi connectivity index (χ4v) is 3.84. The Hall–Kier alpha value is -1.67. The first-order valence-corrected chi connectivity index (χ1v) is 8.22. The molecule has 0 bridgehead atoms. The van der Waals surface area contributed by atoms with Crippen LogP contribution in [-0.2, 0) is 27.1 Å². The highest BCUT2D eigenvalue weighted by Crippen LogP contribution is 2.39. The smallest absolute Gasteiger partial charge is 0.341 e. The van der Waals surface area contributed by atoms with Crippen molar-refractivity contribution >= 4 is 45.6 Å². The second kappa shape index (κ2) is 7.55. The lowest BCUT2D eigenvalue weighted by Crippen LogP contribution is -2.34. The summed E-state index contributed by atoms with van der Waals surface area (Å²) in [6.45, 7) is 2.05. The van der Waals surface area contributed by atoms with Gasteiger partial charge in [-0.15, -0.1) is 11.3 Å². The van der Waals surface area contributed by atoms with Crippen LogP contribution in [0.4, 0.5) is 5.00 Å². The Kier molecular flexibility index (Phi) is 5.73. The van der Waals surface area contributed by atoms with Crippen molar-refractivity contribution in [2.75, 3.05) is 25.6 Å². The van der Waals surface area contributed by atoms with Gasteiger partial charge in [-0.2, -0.15) is 0 Å². The van der Waals surface area contributed by atoms with Crippen LogP contribution in [0, 0.1) is 0 Å². The Morgan fingerprint density at radius 3 is 2.82 bits per heavy atom. The number of thiophene rings is 1. The highest BCUT2D eigenvalue weighted by molar-refractivity contribution is 7.80. The molecule has 2 rings (SSSR count). The Morgan fingerprint density at radius 2 is 2.14 bits per heavy atom. The summed E-state index contributed by atoms with van der Waals surface area (Å²) in [7, 11) is 1.36. The standard InChI is InChI=1S/C14H18N2O4S2/c1-3-20-10(17)7-15-14(21)16-12-11(13(18)19-2)8-5-4-6-9(8)22-12/h3-7H2,1-2H3,(H2,15,16,21). The number of rotatable bonds is 5. The minimum atomic E-state index is -0.381. The number of methoxy groups -OCH3 is 1. The Morgan fingerprint density at radius 1 is 1.36 bits per heavy atom. The fourth-order valence-electron chi connectivity index (χ4n) is 2.32. The number of carbonyl (C=O) groups excluding carboxylic acids is 2. The summed E-state index contributed by atoms with van der Waals surface area (Å²) in [6.07, 6.45) is 2.90. The summed E-state index contributed by atoms with van der Waals surface area (Å²) < 4.78 is 9.67. The van der Waals surface area contributed by atoms with Gasteiger partial charge in [0.05, 0.1) is 19.3 Å². The summed E-state index contributed by atoms with van der Waals surface area (Å²) in [5.41, 5.74) is 1.60. The molecule has 1 aliphatic rings. The number of esters is 2. The molecular formula is C14H18N2O4S2. The molecule has 2 N–H and O–H groups in total. The molecule has 0 aliphatic heterocycles. The highest BCUT2D eigenvalue weighted by atomic mass is 32.1. The zero-order chi connectivity index (χ0) is 16.1. The van der Waals surface area contributed by atoms with Gasteiger partial charge in [0.15, 0.2) is 5.11 Å². The highest BCUT2D eigenvalue weighted by Gasteiger charge is 2.27. The van der Waals surface area contributed by atoms with Gasteiger partial charge in [-0.1, -0.05) is 0 Å². The molecule has 0 aromatic carbocycles. The van der Waals surface area contributed by atoms with Crippen LogP contribution in [0.2, 0.25) is 0 Å². The SMILES string of the molecule is CCOC(=O)CNC(=S)Nc1sc2c(c1C(=O)OC)CCC2. The Balaban J connectivity index is 2.05. The van der Waals surface area contributed by atoms with Gasteiger partial charge in [0.2, 0.25) is 0 Å². The zero-order valence-corrected chi connectivity index (χ0v) is 14.1. The van der Waals surface area contributed by atoms with E-state index < -0.39 is 0 Å². The molecule has 8 heteroatoms. The van der Waals surface area contributed by atoms with E-state index in [0.29, 0.717) is 17.2 Å². The maximum atomic E-state index is 12.0. The third kappa shape index (κ3) is 3.75. The topological polar surface area (TPSA) is 76.7 Å². The molecule has 1 aromatic rings. The lowest BCUT2D eigenvalue weighted by Gasteiger charge is -2.10. The van der Waals surface area contributed by atoms with Crippen molar-refractivity contribution in [3.63, 3.8) is 0 Å². The Labute approximate surface area is 138 Å². The van der Waals surface area contributed by atoms with E-state index in [4.69, 9.17) is 21.7 Å². The van der Waals surface area contributed by atoms with Crippen LogP contribution in [0.25, 0.3) is 0 Å². The first kappa shape index (κ1) is 16.7. The summed E-state index contributed by atoms with van der Waals surface area (Å²) in [5.74, 6) is -0.747. The Bertz CT molecular complexity index is 598. The molecule has 0 radical (unpaired) electrons. The fraction of sp³-hybridized carbons (Fsp3) is 0.500. The van der Waals surface area contributed by atoms with Crippen LogP contribution in [0.3, 0.4) is 0 Å². The van der Waals surface area contributed by atoms with Crippen LogP contribution < -0.4 is 10.6 Å². The molecule has 0 saturated heterocycles. The second-order valence-corrected chi connectivity index (χ2v) is 6.18. The third-order valence-electron chi connectivity index (χ3n) is 3.24. The number of fused-ring (bicyclic) bond motifs is 1. The lowest BCUT2D eigenvalue weighted by molar-refractivity contribution is -0.141. The first-order valence-electron chi connectivity index (χ1n) is 7.00. The van der Waals surface area contributed by atoms with E-state index in [-0.39, 0.29) is 23.6 Å². The maximum Gasteiger partial charge on any atom is 0.341 e. The van der Waals surface area contributed by atoms with Gasteiger partial charge in [0, 0.05) is 4.88 Å². The minimum Gasteiger partial charge on any atom is -0.465 e. The molecule has 0 atom stereocenters. The molecule has 0 fully saturated rings. The maximum absolute atomic E-state index is 12.0. The largest absolute Gasteiger partial charge is 0.465 e. The van der Waals surface area contributed by atoms with E-state index in [9.17, 15) is 9.59 Å². The van der Waals surface area contributed by atoms with E-state index in [2.05, 4.69) is 10.6 Å². The summed E-state index contributed by atoms with van der Waals surface area (Å²) in [4.78, 5) is 24.5. The van der Waals surface area contributed by atoms with E-state index in [1.807, 2.05) is 0 Å². The van der Waals surface area contributed by atoms with Gasteiger partial charge in [-0.25, -0.2) is 4.79 Å². The molecule has 1 aromatic heterocycles. The predicted octanol–water partition coefficient (Wildman–Crippen LogP) is 1.87. The molecule has 1 heterocycles. The number of carbonyl (C=O) groups is 2. The molecule has 120 valence electrons. The second-order valence-electron chi connectivity index (χ2n) is 4.67. The number of aryl methyl sites for hydroxylation is 1. The lowest BCUT2D eigenvalue weighted by atomic mass is 10.1. The molecule has 0 saturated carbocycles. The number of ether oxygens (including phenoxy) is 2. The van der Waals surface area contributed by atoms with E-state index in [1.165, 1.54) is 23.3 Å². The minimum absolute atomic E-state index is 0.0156. The molecular weight excluding hydrogens is 324 g/mol. The van der Waals surface area contributed by atoms with Crippen LogP contribution in [0.5, 0.6) is 0 Å². The van der Waals surface area contributed by atoms with E-state index in [1.54, 1.807) is 6.92 Å². The molecule has 1 aliphatic carbocycles. The molecule has 6 nitrogen and oxygen atoms in total. The van der Waals surface area contributed by atoms with Crippen molar-refractivity contribution in [3.05, 3.63) is 16.0 Å². The van der Waals surface area contributed by atoms with Crippen LogP contribution in [-0.4, -0.2) is 37.3 Å². The number of hydrogen-bond acceptors (Lipinski definition) is 6. The third-order valence-corrected chi connectivity index (χ3v) is 4.69. The van der Waals surface area contributed by atoms with Gasteiger partial charge in [0.1, 0.15) is 11.5 Å². The van der Waals surface area contributed by atoms with Crippen molar-refractivity contribution in [1.29, 1.82) is 0 Å². The number of hydrogen-bond donors (Lipinski definition) is 2. The van der Waals surface area contributed by atoms with E-state index in [0.717, 1.165) is 24.8 Å². The van der Waals surface area contributed by atoms with Gasteiger partial charge < -0.3 is 20.1 Å². The van der Waals surface area contributed by atoms with Crippen LogP contribution >= 0.6 is 23.6 Å². The molecule has 22 heavy (non-hydrogen) atoms. The van der Waals surface area contributed by atoms with Crippen LogP contribution in [0.15, 0.2) is 0 Å². The van der Waals surface area contributed by atoms with Crippen molar-refractivity contribution in [2.24, 2.45) is 0 Å². The average Bonchev–Trinajstić information content (AvgIpc) is 3.05. The molecule has 0 spiro atoms. The monoisotopic (exact) mass is 342 g/mol. The summed E-state index contributed by atoms with van der Waals surface area (Å²) in [6, 6.07) is 0. The van der Waals surface area contributed by atoms with Crippen molar-refractivity contribution in [2.45, 2.75) is 26.2 Å². The van der Waals surface area contributed by atoms with Gasteiger partial charge in [0.25, 0.3) is 0 Å². The van der Waals surface area contributed by atoms with Crippen molar-refractivity contribution in [3.8, 4) is 0 Å². The van der Waals surface area contributed by atoms with Crippen molar-refractivity contribution < 1.29 is 19.1 Å². The quantitative estimate of drug-likeness (QED) is 0.625. The normalized spacial score (nSPS) is 12.5. The van der Waals surface area contributed by atoms with Crippen molar-refractivity contribution in [1.82, 2.24) is 5.32 Å². The first-order chi connectivity index (χ1) is 10.6. The average molecular weight is 342 g/mol. The van der Waals surface area contributed by atoms with Gasteiger partial charge >= 0.3 is 11.9 Å².